The summed E-state index contributed by atoms with van der Waals surface area (Å²) >= 11 is 0. The Kier molecular flexibility index (Phi) is 9.18. The minimum Gasteiger partial charge on any atom is -0.395 e. The molecule has 40 heavy (non-hydrogen) atoms. The van der Waals surface area contributed by atoms with E-state index in [2.05, 4.69) is 45.5 Å². The van der Waals surface area contributed by atoms with Gasteiger partial charge in [0.1, 0.15) is 5.69 Å². The van der Waals surface area contributed by atoms with Gasteiger partial charge in [0.05, 0.1) is 5.69 Å². The second kappa shape index (κ2) is 13.1. The molecular formula is C27H26F3N9O. The van der Waals surface area contributed by atoms with Crippen molar-refractivity contribution in [3.63, 3.8) is 0 Å². The van der Waals surface area contributed by atoms with Crippen LogP contribution in [0.5, 0.6) is 0 Å². The summed E-state index contributed by atoms with van der Waals surface area (Å²) < 4.78 is 41.3. The van der Waals surface area contributed by atoms with E-state index in [9.17, 15) is 13.2 Å². The van der Waals surface area contributed by atoms with E-state index in [1.807, 2.05) is 79.4 Å². The van der Waals surface area contributed by atoms with E-state index in [-0.39, 0.29) is 29.2 Å². The fourth-order valence-electron chi connectivity index (χ4n) is 3.55. The van der Waals surface area contributed by atoms with Crippen LogP contribution in [0, 0.1) is 0 Å². The molecule has 206 valence electrons. The van der Waals surface area contributed by atoms with Crippen LogP contribution in [0.3, 0.4) is 0 Å². The van der Waals surface area contributed by atoms with E-state index in [0.29, 0.717) is 19.5 Å². The maximum absolute atomic E-state index is 12.5. The van der Waals surface area contributed by atoms with Crippen molar-refractivity contribution < 1.29 is 17.9 Å². The molecule has 0 fully saturated rings. The SMILES string of the molecule is CCN(CC)c1ccc(N=Nc2nc(Nc3ccccc3)nc(Nc3ccccc3)n2)c(N=COC(F)(F)F)c1. The highest BCUT2D eigenvalue weighted by atomic mass is 19.4. The summed E-state index contributed by atoms with van der Waals surface area (Å²) in [5.74, 6) is 0.380. The van der Waals surface area contributed by atoms with Gasteiger partial charge in [-0.25, -0.2) is 4.99 Å². The van der Waals surface area contributed by atoms with Crippen LogP contribution in [0.1, 0.15) is 13.8 Å². The van der Waals surface area contributed by atoms with E-state index < -0.39 is 6.36 Å². The van der Waals surface area contributed by atoms with Crippen molar-refractivity contribution in [3.8, 4) is 0 Å². The van der Waals surface area contributed by atoms with Gasteiger partial charge in [-0.15, -0.1) is 23.4 Å². The second-order valence-electron chi connectivity index (χ2n) is 8.11. The average molecular weight is 550 g/mol. The predicted molar refractivity (Wildman–Crippen MR) is 149 cm³/mol. The average Bonchev–Trinajstić information content (AvgIpc) is 2.93. The predicted octanol–water partition coefficient (Wildman–Crippen LogP) is 7.82. The second-order valence-corrected chi connectivity index (χ2v) is 8.11. The highest BCUT2D eigenvalue weighted by Crippen LogP contribution is 2.34. The lowest BCUT2D eigenvalue weighted by molar-refractivity contribution is -0.280. The van der Waals surface area contributed by atoms with E-state index in [1.54, 1.807) is 18.2 Å². The van der Waals surface area contributed by atoms with Crippen LogP contribution in [0.15, 0.2) is 94.1 Å². The molecule has 0 bridgehead atoms. The van der Waals surface area contributed by atoms with Gasteiger partial charge in [0.2, 0.25) is 11.9 Å². The molecule has 0 aliphatic carbocycles. The van der Waals surface area contributed by atoms with Crippen LogP contribution >= 0.6 is 0 Å². The summed E-state index contributed by atoms with van der Waals surface area (Å²) in [5, 5.41) is 14.5. The van der Waals surface area contributed by atoms with E-state index in [1.165, 1.54) is 0 Å². The quantitative estimate of drug-likeness (QED) is 0.111. The molecule has 4 aromatic rings. The number of alkyl halides is 3. The van der Waals surface area contributed by atoms with Crippen LogP contribution < -0.4 is 15.5 Å². The van der Waals surface area contributed by atoms with Crippen molar-refractivity contribution in [1.82, 2.24) is 15.0 Å². The summed E-state index contributed by atoms with van der Waals surface area (Å²) in [6, 6.07) is 23.6. The van der Waals surface area contributed by atoms with Crippen molar-refractivity contribution in [2.75, 3.05) is 28.6 Å². The van der Waals surface area contributed by atoms with Crippen LogP contribution in [-0.2, 0) is 4.74 Å². The fourth-order valence-corrected chi connectivity index (χ4v) is 3.55. The number of nitrogens with one attached hydrogen (secondary N) is 2. The Balaban J connectivity index is 1.68. The molecule has 2 N–H and O–H groups in total. The molecule has 1 heterocycles. The number of hydrogen-bond acceptors (Lipinski definition) is 10. The summed E-state index contributed by atoms with van der Waals surface area (Å²) in [6.45, 7) is 5.32. The highest BCUT2D eigenvalue weighted by molar-refractivity contribution is 5.72. The van der Waals surface area contributed by atoms with Gasteiger partial charge in [0, 0.05) is 30.2 Å². The Hall–Kier alpha value is -5.07. The number of para-hydroxylation sites is 2. The number of aliphatic imine (C=N–C) groups is 1. The summed E-state index contributed by atoms with van der Waals surface area (Å²) in [4.78, 5) is 18.9. The molecule has 1 aromatic heterocycles. The first-order valence-corrected chi connectivity index (χ1v) is 12.3. The molecule has 4 rings (SSSR count). The molecule has 3 aromatic carbocycles. The Morgan fingerprint density at radius 3 is 1.88 bits per heavy atom. The number of nitrogens with zero attached hydrogens (tertiary/aromatic N) is 7. The van der Waals surface area contributed by atoms with Crippen molar-refractivity contribution in [2.24, 2.45) is 15.2 Å². The zero-order valence-electron chi connectivity index (χ0n) is 21.7. The molecule has 0 spiro atoms. The maximum Gasteiger partial charge on any atom is 0.573 e. The minimum atomic E-state index is -4.86. The number of ether oxygens (including phenoxy) is 1. The first-order chi connectivity index (χ1) is 19.3. The Bertz CT molecular complexity index is 1390. The van der Waals surface area contributed by atoms with Gasteiger partial charge in [0.15, 0.2) is 6.40 Å². The number of aromatic nitrogens is 3. The van der Waals surface area contributed by atoms with Crippen molar-refractivity contribution in [1.29, 1.82) is 0 Å². The van der Waals surface area contributed by atoms with Gasteiger partial charge in [-0.2, -0.15) is 15.0 Å². The lowest BCUT2D eigenvalue weighted by atomic mass is 10.2. The highest BCUT2D eigenvalue weighted by Gasteiger charge is 2.29. The first kappa shape index (κ1) is 28.0. The fraction of sp³-hybridized carbons (Fsp3) is 0.185. The zero-order valence-corrected chi connectivity index (χ0v) is 21.7. The molecule has 0 saturated heterocycles. The van der Waals surface area contributed by atoms with Gasteiger partial charge >= 0.3 is 6.36 Å². The molecule has 0 unspecified atom stereocenters. The molecule has 0 radical (unpaired) electrons. The maximum atomic E-state index is 12.5. The number of halogens is 3. The van der Waals surface area contributed by atoms with Crippen LogP contribution in [0.4, 0.5) is 59.5 Å². The van der Waals surface area contributed by atoms with Crippen molar-refractivity contribution in [3.05, 3.63) is 78.9 Å². The van der Waals surface area contributed by atoms with E-state index in [4.69, 9.17) is 0 Å². The standard InChI is InChI=1S/C27H26F3N9O/c1-3-39(4-2)21-15-16-22(23(17-21)31-18-40-27(28,29)30)37-38-26-35-24(32-19-11-7-5-8-12-19)34-25(36-26)33-20-13-9-6-10-14-20/h5-18H,3-4H2,1-2H3,(H2,32,33,34,35,36). The smallest absolute Gasteiger partial charge is 0.395 e. The van der Waals surface area contributed by atoms with Crippen molar-refractivity contribution >= 4 is 52.7 Å². The van der Waals surface area contributed by atoms with Gasteiger partial charge in [-0.1, -0.05) is 36.4 Å². The van der Waals surface area contributed by atoms with Gasteiger partial charge in [-0.3, -0.25) is 0 Å². The molecule has 13 heteroatoms. The molecular weight excluding hydrogens is 523 g/mol. The van der Waals surface area contributed by atoms with Crippen LogP contribution in [0.2, 0.25) is 0 Å². The third-order valence-electron chi connectivity index (χ3n) is 5.40. The molecule has 0 aliphatic heterocycles. The van der Waals surface area contributed by atoms with Crippen LogP contribution in [-0.4, -0.2) is 40.8 Å². The van der Waals surface area contributed by atoms with E-state index in [0.717, 1.165) is 17.1 Å². The number of rotatable bonds is 11. The third-order valence-corrected chi connectivity index (χ3v) is 5.40. The topological polar surface area (TPSA) is 112 Å². The molecule has 10 nitrogen and oxygen atoms in total. The summed E-state index contributed by atoms with van der Waals surface area (Å²) in [7, 11) is 0. The van der Waals surface area contributed by atoms with Gasteiger partial charge < -0.3 is 20.3 Å². The normalized spacial score (nSPS) is 11.6. The zero-order chi connectivity index (χ0) is 28.4. The number of hydrogen-bond donors (Lipinski definition) is 2. The number of benzene rings is 3. The monoisotopic (exact) mass is 549 g/mol. The Morgan fingerprint density at radius 1 is 0.775 bits per heavy atom. The first-order valence-electron chi connectivity index (χ1n) is 12.3. The Labute approximate surface area is 228 Å². The lowest BCUT2D eigenvalue weighted by Crippen LogP contribution is -2.21. The summed E-state index contributed by atoms with van der Waals surface area (Å²) in [6.07, 6.45) is -4.54. The lowest BCUT2D eigenvalue weighted by Gasteiger charge is -2.21. The van der Waals surface area contributed by atoms with E-state index >= 15 is 0 Å². The molecule has 0 atom stereocenters. The number of anilines is 5. The Morgan fingerprint density at radius 2 is 1.35 bits per heavy atom. The third kappa shape index (κ3) is 8.21. The summed E-state index contributed by atoms with van der Waals surface area (Å²) in [5.41, 5.74) is 2.56. The minimum absolute atomic E-state index is 0.0406. The van der Waals surface area contributed by atoms with Crippen molar-refractivity contribution in [2.45, 2.75) is 20.2 Å². The largest absolute Gasteiger partial charge is 0.573 e. The molecule has 0 amide bonds. The molecule has 0 saturated carbocycles. The number of azo groups is 1. The van der Waals surface area contributed by atoms with Gasteiger partial charge in [-0.05, 0) is 56.3 Å². The molecule has 0 aliphatic rings. The van der Waals surface area contributed by atoms with Gasteiger partial charge in [0.25, 0.3) is 5.95 Å². The van der Waals surface area contributed by atoms with Crippen LogP contribution in [0.25, 0.3) is 0 Å².